The molecule has 1 fully saturated rings. The van der Waals surface area contributed by atoms with Crippen LogP contribution in [0.4, 0.5) is 0 Å². The molecule has 0 amide bonds. The standard InChI is InChI=1S/C13H16NO/c1-11-6-2-3-7-12(11)10-14-15-13-8-4-5-9-13/h2-3,6-7,13H,4-5,8-9H2,1H3. The van der Waals surface area contributed by atoms with Crippen LogP contribution < -0.4 is 0 Å². The van der Waals surface area contributed by atoms with Crippen molar-refractivity contribution in [3.8, 4) is 0 Å². The number of nitrogens with zero attached hydrogens (tertiary/aromatic N) is 1. The average molecular weight is 202 g/mol. The second-order valence-electron chi connectivity index (χ2n) is 4.03. The molecule has 1 radical (unpaired) electrons. The monoisotopic (exact) mass is 202 g/mol. The lowest BCUT2D eigenvalue weighted by atomic mass is 10.1. The highest BCUT2D eigenvalue weighted by atomic mass is 16.6. The van der Waals surface area contributed by atoms with Crippen molar-refractivity contribution in [2.45, 2.75) is 38.7 Å². The van der Waals surface area contributed by atoms with Gasteiger partial charge >= 0.3 is 0 Å². The van der Waals surface area contributed by atoms with Crippen LogP contribution in [-0.2, 0) is 4.84 Å². The highest BCUT2D eigenvalue weighted by molar-refractivity contribution is 5.81. The molecule has 0 aromatic heterocycles. The summed E-state index contributed by atoms with van der Waals surface area (Å²) in [6.45, 7) is 2.05. The molecule has 2 nitrogen and oxygen atoms in total. The van der Waals surface area contributed by atoms with Crippen molar-refractivity contribution < 1.29 is 4.84 Å². The van der Waals surface area contributed by atoms with Crippen LogP contribution in [0, 0.1) is 6.92 Å². The Morgan fingerprint density at radius 2 is 2.00 bits per heavy atom. The third-order valence-corrected chi connectivity index (χ3v) is 2.82. The lowest BCUT2D eigenvalue weighted by molar-refractivity contribution is 0.0657. The zero-order valence-corrected chi connectivity index (χ0v) is 9.07. The summed E-state index contributed by atoms with van der Waals surface area (Å²) in [6.07, 6.45) is 8.08. The normalized spacial score (nSPS) is 17.4. The Morgan fingerprint density at radius 1 is 1.27 bits per heavy atom. The predicted octanol–water partition coefficient (Wildman–Crippen LogP) is 3.17. The van der Waals surface area contributed by atoms with E-state index in [0.717, 1.165) is 18.4 Å². The summed E-state index contributed by atoms with van der Waals surface area (Å²) >= 11 is 0. The van der Waals surface area contributed by atoms with E-state index in [-0.39, 0.29) is 0 Å². The van der Waals surface area contributed by atoms with E-state index < -0.39 is 0 Å². The molecule has 1 aliphatic rings. The molecule has 1 aliphatic carbocycles. The molecule has 0 atom stereocenters. The summed E-state index contributed by atoms with van der Waals surface area (Å²) < 4.78 is 0. The van der Waals surface area contributed by atoms with Crippen molar-refractivity contribution in [3.63, 3.8) is 0 Å². The molecule has 0 spiro atoms. The molecular weight excluding hydrogens is 186 g/mol. The molecule has 1 saturated carbocycles. The van der Waals surface area contributed by atoms with Gasteiger partial charge in [-0.2, -0.15) is 0 Å². The average Bonchev–Trinajstić information content (AvgIpc) is 2.74. The summed E-state index contributed by atoms with van der Waals surface area (Å²) in [4.78, 5) is 5.38. The van der Waals surface area contributed by atoms with Crippen LogP contribution in [0.2, 0.25) is 0 Å². The third-order valence-electron chi connectivity index (χ3n) is 2.82. The first-order valence-corrected chi connectivity index (χ1v) is 5.54. The van der Waals surface area contributed by atoms with Crippen molar-refractivity contribution in [1.82, 2.24) is 0 Å². The van der Waals surface area contributed by atoms with Crippen LogP contribution in [0.1, 0.15) is 36.8 Å². The first-order valence-electron chi connectivity index (χ1n) is 5.54. The van der Waals surface area contributed by atoms with Gasteiger partial charge in [0.2, 0.25) is 0 Å². The Labute approximate surface area is 90.9 Å². The molecule has 0 aliphatic heterocycles. The molecule has 15 heavy (non-hydrogen) atoms. The minimum atomic E-state index is 0.321. The Hall–Kier alpha value is -1.31. The second kappa shape index (κ2) is 4.96. The number of benzene rings is 1. The molecule has 0 heterocycles. The fourth-order valence-corrected chi connectivity index (χ4v) is 1.84. The predicted molar refractivity (Wildman–Crippen MR) is 61.1 cm³/mol. The van der Waals surface area contributed by atoms with E-state index in [1.807, 2.05) is 31.2 Å². The summed E-state index contributed by atoms with van der Waals surface area (Å²) in [6, 6.07) is 8.04. The highest BCUT2D eigenvalue weighted by Gasteiger charge is 2.15. The van der Waals surface area contributed by atoms with Crippen molar-refractivity contribution in [2.24, 2.45) is 5.16 Å². The van der Waals surface area contributed by atoms with E-state index in [1.165, 1.54) is 18.4 Å². The fraction of sp³-hybridized carbons (Fsp3) is 0.462. The number of rotatable bonds is 3. The van der Waals surface area contributed by atoms with Crippen LogP contribution in [0.15, 0.2) is 29.4 Å². The van der Waals surface area contributed by atoms with Gasteiger partial charge in [0.1, 0.15) is 12.3 Å². The summed E-state index contributed by atoms with van der Waals surface area (Å²) in [5.74, 6) is 0. The van der Waals surface area contributed by atoms with Gasteiger partial charge in [-0.25, -0.2) is 0 Å². The first kappa shape index (κ1) is 10.2. The minimum absolute atomic E-state index is 0.321. The van der Waals surface area contributed by atoms with Crippen molar-refractivity contribution >= 4 is 6.21 Å². The van der Waals surface area contributed by atoms with Gasteiger partial charge in [-0.3, -0.25) is 0 Å². The largest absolute Gasteiger partial charge is 0.392 e. The lowest BCUT2D eigenvalue weighted by Crippen LogP contribution is -2.02. The Balaban J connectivity index is 1.90. The maximum absolute atomic E-state index is 5.38. The molecule has 0 unspecified atom stereocenters. The Bertz CT molecular complexity index is 340. The minimum Gasteiger partial charge on any atom is -0.392 e. The molecule has 0 saturated heterocycles. The maximum atomic E-state index is 5.38. The molecule has 1 aromatic carbocycles. The van der Waals surface area contributed by atoms with Crippen molar-refractivity contribution in [2.75, 3.05) is 0 Å². The van der Waals surface area contributed by atoms with Gasteiger partial charge < -0.3 is 4.84 Å². The molecule has 79 valence electrons. The summed E-state index contributed by atoms with van der Waals surface area (Å²) in [5, 5.41) is 3.93. The van der Waals surface area contributed by atoms with Gasteiger partial charge in [-0.1, -0.05) is 29.4 Å². The quantitative estimate of drug-likeness (QED) is 0.545. The molecular formula is C13H16NO. The Kier molecular flexibility index (Phi) is 3.38. The van der Waals surface area contributed by atoms with Gasteiger partial charge in [0.15, 0.2) is 0 Å². The van der Waals surface area contributed by atoms with Crippen LogP contribution in [0.25, 0.3) is 0 Å². The zero-order chi connectivity index (χ0) is 10.5. The third kappa shape index (κ3) is 2.82. The Morgan fingerprint density at radius 3 is 2.73 bits per heavy atom. The fourth-order valence-electron chi connectivity index (χ4n) is 1.84. The van der Waals surface area contributed by atoms with Crippen molar-refractivity contribution in [1.29, 1.82) is 0 Å². The van der Waals surface area contributed by atoms with Gasteiger partial charge in [0, 0.05) is 5.56 Å². The highest BCUT2D eigenvalue weighted by Crippen LogP contribution is 2.20. The second-order valence-corrected chi connectivity index (χ2v) is 4.03. The topological polar surface area (TPSA) is 21.6 Å². The van der Waals surface area contributed by atoms with Crippen LogP contribution in [-0.4, -0.2) is 12.3 Å². The molecule has 0 N–H and O–H groups in total. The first-order chi connectivity index (χ1) is 7.36. The molecule has 1 aromatic rings. The van der Waals surface area contributed by atoms with E-state index in [2.05, 4.69) is 11.4 Å². The SMILES string of the molecule is Cc1ccccc1/[C]=N/OC1CCCC1. The van der Waals surface area contributed by atoms with Gasteiger partial charge in [0.25, 0.3) is 0 Å². The smallest absolute Gasteiger partial charge is 0.139 e. The molecule has 0 bridgehead atoms. The molecule has 2 rings (SSSR count). The maximum Gasteiger partial charge on any atom is 0.139 e. The molecule has 2 heteroatoms. The van der Waals surface area contributed by atoms with E-state index in [0.29, 0.717) is 6.10 Å². The van der Waals surface area contributed by atoms with Crippen molar-refractivity contribution in [3.05, 3.63) is 35.4 Å². The number of hydrogen-bond donors (Lipinski definition) is 0. The number of hydrogen-bond acceptors (Lipinski definition) is 2. The van der Waals surface area contributed by atoms with Crippen LogP contribution in [0.3, 0.4) is 0 Å². The van der Waals surface area contributed by atoms with Gasteiger partial charge in [0.05, 0.1) is 0 Å². The lowest BCUT2D eigenvalue weighted by Gasteiger charge is -2.05. The summed E-state index contributed by atoms with van der Waals surface area (Å²) in [5.41, 5.74) is 2.19. The van der Waals surface area contributed by atoms with Gasteiger partial charge in [-0.15, -0.1) is 0 Å². The van der Waals surface area contributed by atoms with Gasteiger partial charge in [-0.05, 0) is 38.2 Å². The van der Waals surface area contributed by atoms with Crippen LogP contribution >= 0.6 is 0 Å². The van der Waals surface area contributed by atoms with Crippen LogP contribution in [0.5, 0.6) is 0 Å². The zero-order valence-electron chi connectivity index (χ0n) is 9.07. The van der Waals surface area contributed by atoms with E-state index >= 15 is 0 Å². The summed E-state index contributed by atoms with van der Waals surface area (Å²) in [7, 11) is 0. The van der Waals surface area contributed by atoms with E-state index in [4.69, 9.17) is 4.84 Å². The van der Waals surface area contributed by atoms with E-state index in [1.54, 1.807) is 0 Å². The van der Waals surface area contributed by atoms with E-state index in [9.17, 15) is 0 Å². The number of aryl methyl sites for hydroxylation is 1.